The molecular weight excluding hydrogens is 188 g/mol. The molecule has 0 spiro atoms. The van der Waals surface area contributed by atoms with E-state index < -0.39 is 0 Å². The minimum absolute atomic E-state index is 0.293. The lowest BCUT2D eigenvalue weighted by molar-refractivity contribution is 0.443. The Kier molecular flexibility index (Phi) is 4.88. The standard InChI is InChI=1S/C11H24N4/c1-4-5-10-6-7-15(8-10)11(14-12)13-9(2)3/h9-10H,4-8,12H2,1-3H3,(H,13,14). The first-order chi connectivity index (χ1) is 7.17. The molecule has 1 fully saturated rings. The van der Waals surface area contributed by atoms with Crippen LogP contribution in [-0.4, -0.2) is 30.0 Å². The molecule has 4 heteroatoms. The topological polar surface area (TPSA) is 53.6 Å². The Labute approximate surface area is 92.9 Å². The van der Waals surface area contributed by atoms with Gasteiger partial charge in [0.1, 0.15) is 0 Å². The van der Waals surface area contributed by atoms with Crippen LogP contribution in [0.2, 0.25) is 0 Å². The van der Waals surface area contributed by atoms with Gasteiger partial charge in [-0.15, -0.1) is 0 Å². The summed E-state index contributed by atoms with van der Waals surface area (Å²) >= 11 is 0. The van der Waals surface area contributed by atoms with E-state index in [2.05, 4.69) is 36.1 Å². The molecule has 0 aromatic carbocycles. The maximum atomic E-state index is 5.50. The molecule has 0 aliphatic carbocycles. The Morgan fingerprint density at radius 1 is 1.60 bits per heavy atom. The third kappa shape index (κ3) is 3.70. The van der Waals surface area contributed by atoms with Gasteiger partial charge in [0.15, 0.2) is 0 Å². The Hall–Kier alpha value is -0.770. The van der Waals surface area contributed by atoms with Crippen LogP contribution in [0.3, 0.4) is 0 Å². The zero-order chi connectivity index (χ0) is 11.3. The summed E-state index contributed by atoms with van der Waals surface area (Å²) in [4.78, 5) is 6.74. The minimum Gasteiger partial charge on any atom is -0.342 e. The van der Waals surface area contributed by atoms with Crippen LogP contribution in [0.4, 0.5) is 0 Å². The fraction of sp³-hybridized carbons (Fsp3) is 0.909. The summed E-state index contributed by atoms with van der Waals surface area (Å²) in [7, 11) is 0. The van der Waals surface area contributed by atoms with Gasteiger partial charge in [-0.25, -0.2) is 10.8 Å². The summed E-state index contributed by atoms with van der Waals surface area (Å²) < 4.78 is 0. The van der Waals surface area contributed by atoms with E-state index in [-0.39, 0.29) is 0 Å². The highest BCUT2D eigenvalue weighted by atomic mass is 15.4. The zero-order valence-corrected chi connectivity index (χ0v) is 10.2. The van der Waals surface area contributed by atoms with Crippen molar-refractivity contribution in [2.75, 3.05) is 13.1 Å². The van der Waals surface area contributed by atoms with E-state index >= 15 is 0 Å². The largest absolute Gasteiger partial charge is 0.342 e. The van der Waals surface area contributed by atoms with E-state index in [0.717, 1.165) is 25.0 Å². The van der Waals surface area contributed by atoms with Crippen LogP contribution in [0.5, 0.6) is 0 Å². The Balaban J connectivity index is 2.50. The van der Waals surface area contributed by atoms with Crippen LogP contribution in [0, 0.1) is 5.92 Å². The number of nitrogens with one attached hydrogen (secondary N) is 1. The van der Waals surface area contributed by atoms with Crippen molar-refractivity contribution in [3.63, 3.8) is 0 Å². The van der Waals surface area contributed by atoms with Crippen molar-refractivity contribution in [3.05, 3.63) is 0 Å². The quantitative estimate of drug-likeness (QED) is 0.321. The molecule has 1 aliphatic heterocycles. The lowest BCUT2D eigenvalue weighted by atomic mass is 10.0. The first-order valence-electron chi connectivity index (χ1n) is 5.96. The van der Waals surface area contributed by atoms with E-state index in [0.29, 0.717) is 6.04 Å². The number of rotatable bonds is 3. The number of nitrogens with zero attached hydrogens (tertiary/aromatic N) is 2. The van der Waals surface area contributed by atoms with Crippen LogP contribution in [-0.2, 0) is 0 Å². The van der Waals surface area contributed by atoms with Crippen molar-refractivity contribution < 1.29 is 0 Å². The van der Waals surface area contributed by atoms with Crippen molar-refractivity contribution in [2.45, 2.75) is 46.1 Å². The lowest BCUT2D eigenvalue weighted by Gasteiger charge is -2.20. The second-order valence-corrected chi connectivity index (χ2v) is 4.58. The van der Waals surface area contributed by atoms with Crippen LogP contribution in [0.25, 0.3) is 0 Å². The van der Waals surface area contributed by atoms with Gasteiger partial charge in [-0.3, -0.25) is 5.43 Å². The number of hydrogen-bond acceptors (Lipinski definition) is 2. The summed E-state index contributed by atoms with van der Waals surface area (Å²) in [6, 6.07) is 0.293. The van der Waals surface area contributed by atoms with Crippen LogP contribution >= 0.6 is 0 Å². The third-order valence-corrected chi connectivity index (χ3v) is 2.79. The first kappa shape index (κ1) is 12.3. The first-order valence-corrected chi connectivity index (χ1v) is 5.96. The number of nitrogens with two attached hydrogens (primary N) is 1. The second kappa shape index (κ2) is 5.95. The highest BCUT2D eigenvalue weighted by Gasteiger charge is 2.23. The van der Waals surface area contributed by atoms with Crippen molar-refractivity contribution >= 4 is 5.96 Å². The van der Waals surface area contributed by atoms with Gasteiger partial charge in [0.05, 0.1) is 0 Å². The van der Waals surface area contributed by atoms with Crippen molar-refractivity contribution in [3.8, 4) is 0 Å². The summed E-state index contributed by atoms with van der Waals surface area (Å²) in [5.74, 6) is 7.17. The Morgan fingerprint density at radius 2 is 2.33 bits per heavy atom. The zero-order valence-electron chi connectivity index (χ0n) is 10.2. The van der Waals surface area contributed by atoms with Gasteiger partial charge in [-0.2, -0.15) is 0 Å². The van der Waals surface area contributed by atoms with Gasteiger partial charge >= 0.3 is 0 Å². The van der Waals surface area contributed by atoms with E-state index in [1.807, 2.05) is 0 Å². The maximum Gasteiger partial charge on any atom is 0.208 e. The molecule has 1 saturated heterocycles. The summed E-state index contributed by atoms with van der Waals surface area (Å²) in [5.41, 5.74) is 2.71. The van der Waals surface area contributed by atoms with E-state index in [4.69, 9.17) is 5.84 Å². The summed E-state index contributed by atoms with van der Waals surface area (Å²) in [6.45, 7) is 8.56. The molecule has 1 unspecified atom stereocenters. The fourth-order valence-electron chi connectivity index (χ4n) is 2.12. The molecule has 1 aliphatic rings. The third-order valence-electron chi connectivity index (χ3n) is 2.79. The summed E-state index contributed by atoms with van der Waals surface area (Å²) in [5, 5.41) is 0. The van der Waals surface area contributed by atoms with Crippen LogP contribution < -0.4 is 11.3 Å². The van der Waals surface area contributed by atoms with Crippen LogP contribution in [0.15, 0.2) is 4.99 Å². The molecule has 88 valence electrons. The van der Waals surface area contributed by atoms with Gasteiger partial charge in [0, 0.05) is 19.1 Å². The van der Waals surface area contributed by atoms with Gasteiger partial charge < -0.3 is 4.90 Å². The molecule has 1 rings (SSSR count). The molecule has 0 amide bonds. The molecule has 1 atom stereocenters. The number of hydrogen-bond donors (Lipinski definition) is 2. The Morgan fingerprint density at radius 3 is 2.87 bits per heavy atom. The van der Waals surface area contributed by atoms with E-state index in [9.17, 15) is 0 Å². The average molecular weight is 212 g/mol. The predicted molar refractivity (Wildman–Crippen MR) is 64.5 cm³/mol. The van der Waals surface area contributed by atoms with E-state index in [1.54, 1.807) is 0 Å². The van der Waals surface area contributed by atoms with Gasteiger partial charge in [-0.1, -0.05) is 13.3 Å². The Bertz CT molecular complexity index is 213. The normalized spacial score (nSPS) is 22.6. The molecule has 0 radical (unpaired) electrons. The number of likely N-dealkylation sites (tertiary alicyclic amines) is 1. The van der Waals surface area contributed by atoms with Crippen molar-refractivity contribution in [1.82, 2.24) is 10.3 Å². The van der Waals surface area contributed by atoms with Crippen LogP contribution in [0.1, 0.15) is 40.0 Å². The molecule has 1 heterocycles. The average Bonchev–Trinajstić information content (AvgIpc) is 2.63. The SMILES string of the molecule is CCCC1CCN(C(=NC(C)C)NN)C1. The summed E-state index contributed by atoms with van der Waals surface area (Å²) in [6.07, 6.45) is 3.86. The molecule has 3 N–H and O–H groups in total. The van der Waals surface area contributed by atoms with Gasteiger partial charge in [0.25, 0.3) is 0 Å². The molecule has 0 bridgehead atoms. The molecule has 4 nitrogen and oxygen atoms in total. The van der Waals surface area contributed by atoms with Crippen molar-refractivity contribution in [2.24, 2.45) is 16.8 Å². The fourth-order valence-corrected chi connectivity index (χ4v) is 2.12. The monoisotopic (exact) mass is 212 g/mol. The second-order valence-electron chi connectivity index (χ2n) is 4.58. The molecule has 0 aromatic heterocycles. The van der Waals surface area contributed by atoms with Gasteiger partial charge in [-0.05, 0) is 32.6 Å². The molecule has 0 saturated carbocycles. The van der Waals surface area contributed by atoms with E-state index in [1.165, 1.54) is 19.3 Å². The number of hydrazine groups is 1. The highest BCUT2D eigenvalue weighted by molar-refractivity contribution is 5.79. The predicted octanol–water partition coefficient (Wildman–Crippen LogP) is 1.34. The molecule has 15 heavy (non-hydrogen) atoms. The highest BCUT2D eigenvalue weighted by Crippen LogP contribution is 2.20. The maximum absolute atomic E-state index is 5.50. The van der Waals surface area contributed by atoms with Gasteiger partial charge in [0.2, 0.25) is 5.96 Å². The number of guanidine groups is 1. The molecule has 0 aromatic rings. The number of aliphatic imine (C=N–C) groups is 1. The van der Waals surface area contributed by atoms with Crippen molar-refractivity contribution in [1.29, 1.82) is 0 Å². The minimum atomic E-state index is 0.293. The molecular formula is C11H24N4. The lowest BCUT2D eigenvalue weighted by Crippen LogP contribution is -2.44. The smallest absolute Gasteiger partial charge is 0.208 e.